The van der Waals surface area contributed by atoms with E-state index in [0.717, 1.165) is 24.9 Å². The number of benzene rings is 1. The van der Waals surface area contributed by atoms with Crippen LogP contribution in [0.15, 0.2) is 18.2 Å². The van der Waals surface area contributed by atoms with Crippen molar-refractivity contribution in [2.24, 2.45) is 5.92 Å². The molecule has 3 nitrogen and oxygen atoms in total. The standard InChI is InChI=1S/C15H19NO2/c1-10-2-7-13(14(17)8-10)15(18)16(12-5-6-12)9-11-3-4-11/h2,7-8,11-12,17H,3-6,9H2,1H3. The van der Waals surface area contributed by atoms with Crippen LogP contribution < -0.4 is 0 Å². The van der Waals surface area contributed by atoms with E-state index in [1.54, 1.807) is 12.1 Å². The smallest absolute Gasteiger partial charge is 0.257 e. The molecular weight excluding hydrogens is 226 g/mol. The first-order valence-corrected chi connectivity index (χ1v) is 6.76. The van der Waals surface area contributed by atoms with Crippen molar-refractivity contribution >= 4 is 5.91 Å². The molecule has 2 aliphatic rings. The van der Waals surface area contributed by atoms with Crippen LogP contribution in [0.2, 0.25) is 0 Å². The lowest BCUT2D eigenvalue weighted by atomic mass is 10.1. The molecule has 1 aromatic carbocycles. The summed E-state index contributed by atoms with van der Waals surface area (Å²) in [6.45, 7) is 2.79. The van der Waals surface area contributed by atoms with Gasteiger partial charge in [-0.25, -0.2) is 0 Å². The van der Waals surface area contributed by atoms with E-state index in [-0.39, 0.29) is 11.7 Å². The highest BCUT2D eigenvalue weighted by Gasteiger charge is 2.37. The molecule has 0 heterocycles. The quantitative estimate of drug-likeness (QED) is 0.886. The lowest BCUT2D eigenvalue weighted by Crippen LogP contribution is -2.34. The fraction of sp³-hybridized carbons (Fsp3) is 0.533. The summed E-state index contributed by atoms with van der Waals surface area (Å²) >= 11 is 0. The van der Waals surface area contributed by atoms with Crippen LogP contribution in [0.25, 0.3) is 0 Å². The van der Waals surface area contributed by atoms with E-state index < -0.39 is 0 Å². The molecule has 0 aromatic heterocycles. The van der Waals surface area contributed by atoms with Crippen molar-refractivity contribution in [3.8, 4) is 5.75 Å². The minimum Gasteiger partial charge on any atom is -0.507 e. The van der Waals surface area contributed by atoms with Crippen molar-refractivity contribution in [2.75, 3.05) is 6.54 Å². The summed E-state index contributed by atoms with van der Waals surface area (Å²) in [5.74, 6) is 0.811. The van der Waals surface area contributed by atoms with Crippen molar-refractivity contribution in [1.82, 2.24) is 4.90 Å². The monoisotopic (exact) mass is 245 g/mol. The van der Waals surface area contributed by atoms with Crippen LogP contribution in [0.5, 0.6) is 5.75 Å². The number of aromatic hydroxyl groups is 1. The number of hydrogen-bond donors (Lipinski definition) is 1. The Kier molecular flexibility index (Phi) is 2.77. The van der Waals surface area contributed by atoms with Crippen LogP contribution in [0, 0.1) is 12.8 Å². The highest BCUT2D eigenvalue weighted by molar-refractivity contribution is 5.97. The third-order valence-electron chi connectivity index (χ3n) is 3.78. The molecule has 0 spiro atoms. The Bertz CT molecular complexity index is 475. The summed E-state index contributed by atoms with van der Waals surface area (Å²) < 4.78 is 0. The number of aryl methyl sites for hydroxylation is 1. The fourth-order valence-corrected chi connectivity index (χ4v) is 2.34. The van der Waals surface area contributed by atoms with E-state index >= 15 is 0 Å². The fourth-order valence-electron chi connectivity index (χ4n) is 2.34. The van der Waals surface area contributed by atoms with Crippen LogP contribution in [0.3, 0.4) is 0 Å². The Morgan fingerprint density at radius 3 is 2.61 bits per heavy atom. The van der Waals surface area contributed by atoms with E-state index in [1.807, 2.05) is 17.9 Å². The molecule has 0 radical (unpaired) electrons. The summed E-state index contributed by atoms with van der Waals surface area (Å²) in [5.41, 5.74) is 1.43. The van der Waals surface area contributed by atoms with E-state index in [2.05, 4.69) is 0 Å². The summed E-state index contributed by atoms with van der Waals surface area (Å²) in [6.07, 6.45) is 4.73. The van der Waals surface area contributed by atoms with Gasteiger partial charge in [0.25, 0.3) is 5.91 Å². The number of carbonyl (C=O) groups is 1. The lowest BCUT2D eigenvalue weighted by Gasteiger charge is -2.22. The zero-order valence-electron chi connectivity index (χ0n) is 10.7. The van der Waals surface area contributed by atoms with Gasteiger partial charge in [-0.05, 0) is 56.2 Å². The van der Waals surface area contributed by atoms with Crippen molar-refractivity contribution < 1.29 is 9.90 Å². The molecule has 0 atom stereocenters. The summed E-state index contributed by atoms with van der Waals surface area (Å²) in [4.78, 5) is 14.5. The Balaban J connectivity index is 1.81. The van der Waals surface area contributed by atoms with E-state index in [1.165, 1.54) is 12.8 Å². The van der Waals surface area contributed by atoms with Crippen LogP contribution >= 0.6 is 0 Å². The molecule has 1 N–H and O–H groups in total. The second kappa shape index (κ2) is 4.30. The van der Waals surface area contributed by atoms with Gasteiger partial charge in [0.05, 0.1) is 5.56 Å². The molecule has 3 heteroatoms. The molecule has 0 unspecified atom stereocenters. The number of hydrogen-bond acceptors (Lipinski definition) is 2. The molecule has 2 fully saturated rings. The van der Waals surface area contributed by atoms with E-state index in [0.29, 0.717) is 17.5 Å². The minimum absolute atomic E-state index is 0.00176. The van der Waals surface area contributed by atoms with Crippen molar-refractivity contribution in [3.63, 3.8) is 0 Å². The van der Waals surface area contributed by atoms with Gasteiger partial charge in [-0.15, -0.1) is 0 Å². The zero-order chi connectivity index (χ0) is 12.7. The predicted octanol–water partition coefficient (Wildman–Crippen LogP) is 2.72. The number of carbonyl (C=O) groups excluding carboxylic acids is 1. The number of phenolic OH excluding ortho intramolecular Hbond substituents is 1. The first kappa shape index (κ1) is 11.6. The van der Waals surface area contributed by atoms with Gasteiger partial charge in [0.15, 0.2) is 0 Å². The molecule has 96 valence electrons. The SMILES string of the molecule is Cc1ccc(C(=O)N(CC2CC2)C2CC2)c(O)c1. The molecule has 0 aliphatic heterocycles. The van der Waals surface area contributed by atoms with Crippen LogP contribution in [0.4, 0.5) is 0 Å². The molecule has 2 aliphatic carbocycles. The molecular formula is C15H19NO2. The van der Waals surface area contributed by atoms with Gasteiger partial charge in [0.2, 0.25) is 0 Å². The number of phenols is 1. The topological polar surface area (TPSA) is 40.5 Å². The van der Waals surface area contributed by atoms with Crippen molar-refractivity contribution in [3.05, 3.63) is 29.3 Å². The highest BCUT2D eigenvalue weighted by atomic mass is 16.3. The third kappa shape index (κ3) is 2.35. The normalized spacial score (nSPS) is 18.7. The van der Waals surface area contributed by atoms with Gasteiger partial charge < -0.3 is 10.0 Å². The van der Waals surface area contributed by atoms with Gasteiger partial charge in [-0.1, -0.05) is 6.07 Å². The molecule has 18 heavy (non-hydrogen) atoms. The van der Waals surface area contributed by atoms with E-state index in [9.17, 15) is 9.90 Å². The molecule has 3 rings (SSSR count). The minimum atomic E-state index is 0.00176. The maximum atomic E-state index is 12.5. The van der Waals surface area contributed by atoms with Crippen LogP contribution in [-0.2, 0) is 0 Å². The first-order chi connectivity index (χ1) is 8.65. The summed E-state index contributed by atoms with van der Waals surface area (Å²) in [7, 11) is 0. The first-order valence-electron chi connectivity index (χ1n) is 6.76. The Hall–Kier alpha value is -1.51. The van der Waals surface area contributed by atoms with Crippen molar-refractivity contribution in [2.45, 2.75) is 38.6 Å². The number of rotatable bonds is 4. The highest BCUT2D eigenvalue weighted by Crippen LogP contribution is 2.36. The van der Waals surface area contributed by atoms with Gasteiger partial charge in [-0.2, -0.15) is 0 Å². The molecule has 0 bridgehead atoms. The lowest BCUT2D eigenvalue weighted by molar-refractivity contribution is 0.0732. The second-order valence-electron chi connectivity index (χ2n) is 5.65. The Morgan fingerprint density at radius 2 is 2.06 bits per heavy atom. The molecule has 2 saturated carbocycles. The molecule has 1 amide bonds. The summed E-state index contributed by atoms with van der Waals surface area (Å²) in [6, 6.07) is 5.71. The predicted molar refractivity (Wildman–Crippen MR) is 69.6 cm³/mol. The average Bonchev–Trinajstić information content (AvgIpc) is 3.18. The van der Waals surface area contributed by atoms with E-state index in [4.69, 9.17) is 0 Å². The zero-order valence-corrected chi connectivity index (χ0v) is 10.7. The van der Waals surface area contributed by atoms with Gasteiger partial charge in [0, 0.05) is 12.6 Å². The molecule has 0 saturated heterocycles. The Labute approximate surface area is 107 Å². The average molecular weight is 245 g/mol. The van der Waals surface area contributed by atoms with Gasteiger partial charge in [0.1, 0.15) is 5.75 Å². The molecule has 1 aromatic rings. The van der Waals surface area contributed by atoms with Gasteiger partial charge >= 0.3 is 0 Å². The maximum Gasteiger partial charge on any atom is 0.257 e. The van der Waals surface area contributed by atoms with Crippen LogP contribution in [-0.4, -0.2) is 28.5 Å². The van der Waals surface area contributed by atoms with Crippen molar-refractivity contribution in [1.29, 1.82) is 0 Å². The van der Waals surface area contributed by atoms with Gasteiger partial charge in [-0.3, -0.25) is 4.79 Å². The maximum absolute atomic E-state index is 12.5. The Morgan fingerprint density at radius 1 is 1.33 bits per heavy atom. The number of amides is 1. The second-order valence-corrected chi connectivity index (χ2v) is 5.65. The summed E-state index contributed by atoms with van der Waals surface area (Å²) in [5, 5.41) is 9.92. The number of nitrogens with zero attached hydrogens (tertiary/aromatic N) is 1. The van der Waals surface area contributed by atoms with Crippen LogP contribution in [0.1, 0.15) is 41.6 Å². The third-order valence-corrected chi connectivity index (χ3v) is 3.78. The largest absolute Gasteiger partial charge is 0.507 e.